The summed E-state index contributed by atoms with van der Waals surface area (Å²) in [6.07, 6.45) is 9.61. The summed E-state index contributed by atoms with van der Waals surface area (Å²) in [5.74, 6) is 8.99. The highest BCUT2D eigenvalue weighted by Gasteiger charge is 1.92. The van der Waals surface area contributed by atoms with E-state index in [1.165, 1.54) is 12.8 Å². The van der Waals surface area contributed by atoms with Crippen LogP contribution in [0.5, 0.6) is 0 Å². The zero-order chi connectivity index (χ0) is 8.53. The number of rotatable bonds is 3. The van der Waals surface area contributed by atoms with E-state index in [-0.39, 0.29) is 5.92 Å². The second kappa shape index (κ2) is 7.23. The van der Waals surface area contributed by atoms with E-state index in [9.17, 15) is 0 Å². The molecular formula is C11H16. The highest BCUT2D eigenvalue weighted by Crippen LogP contribution is 1.98. The maximum absolute atomic E-state index is 5.25. The monoisotopic (exact) mass is 148 g/mol. The Balaban J connectivity index is 3.59. The van der Waals surface area contributed by atoms with Crippen LogP contribution in [-0.2, 0) is 0 Å². The topological polar surface area (TPSA) is 0 Å². The predicted molar refractivity (Wildman–Crippen MR) is 49.9 cm³/mol. The van der Waals surface area contributed by atoms with E-state index in [0.717, 1.165) is 12.8 Å². The van der Waals surface area contributed by atoms with Crippen LogP contribution in [0, 0.1) is 30.1 Å². The van der Waals surface area contributed by atoms with Gasteiger partial charge in [-0.1, -0.05) is 32.1 Å². The van der Waals surface area contributed by atoms with Gasteiger partial charge in [0.25, 0.3) is 0 Å². The third-order valence-corrected chi connectivity index (χ3v) is 1.54. The van der Waals surface area contributed by atoms with Crippen molar-refractivity contribution in [2.24, 2.45) is 5.92 Å². The molecule has 0 fully saturated rings. The van der Waals surface area contributed by atoms with E-state index in [0.29, 0.717) is 0 Å². The molecule has 0 aromatic rings. The van der Waals surface area contributed by atoms with Gasteiger partial charge in [0, 0.05) is 6.42 Å². The Bertz CT molecular complexity index is 172. The van der Waals surface area contributed by atoms with E-state index in [4.69, 9.17) is 6.42 Å². The number of unbranched alkanes of at least 4 members (excludes halogenated alkanes) is 2. The van der Waals surface area contributed by atoms with Gasteiger partial charge in [-0.05, 0) is 12.8 Å². The molecule has 0 nitrogen and oxygen atoms in total. The molecule has 0 aliphatic rings. The van der Waals surface area contributed by atoms with E-state index in [1.54, 1.807) is 0 Å². The van der Waals surface area contributed by atoms with Crippen LogP contribution in [0.3, 0.4) is 0 Å². The maximum Gasteiger partial charge on any atom is 0.0806 e. The Morgan fingerprint density at radius 3 is 2.55 bits per heavy atom. The lowest BCUT2D eigenvalue weighted by Crippen LogP contribution is -1.88. The SMILES string of the molecule is C#CC(C#CCCCC)CC. The molecule has 0 bridgehead atoms. The third-order valence-electron chi connectivity index (χ3n) is 1.54. The third kappa shape index (κ3) is 5.56. The summed E-state index contributed by atoms with van der Waals surface area (Å²) in [4.78, 5) is 0. The van der Waals surface area contributed by atoms with Crippen molar-refractivity contribution in [2.45, 2.75) is 39.5 Å². The van der Waals surface area contributed by atoms with Gasteiger partial charge >= 0.3 is 0 Å². The molecule has 0 heteroatoms. The van der Waals surface area contributed by atoms with Crippen molar-refractivity contribution >= 4 is 0 Å². The molecule has 0 N–H and O–H groups in total. The van der Waals surface area contributed by atoms with Crippen LogP contribution in [0.15, 0.2) is 0 Å². The van der Waals surface area contributed by atoms with Crippen molar-refractivity contribution < 1.29 is 0 Å². The highest BCUT2D eigenvalue weighted by molar-refractivity contribution is 5.13. The highest BCUT2D eigenvalue weighted by atomic mass is 13.9. The molecule has 60 valence electrons. The van der Waals surface area contributed by atoms with Gasteiger partial charge < -0.3 is 0 Å². The molecule has 0 spiro atoms. The molecule has 0 aliphatic heterocycles. The zero-order valence-electron chi connectivity index (χ0n) is 7.48. The minimum absolute atomic E-state index is 0.173. The first-order valence-electron chi connectivity index (χ1n) is 4.29. The van der Waals surface area contributed by atoms with E-state index >= 15 is 0 Å². The molecule has 0 aliphatic carbocycles. The molecule has 0 saturated carbocycles. The Labute approximate surface area is 70.4 Å². The summed E-state index contributed by atoms with van der Waals surface area (Å²) in [6.45, 7) is 4.24. The van der Waals surface area contributed by atoms with E-state index in [1.807, 2.05) is 0 Å². The Morgan fingerprint density at radius 2 is 2.09 bits per heavy atom. The molecule has 0 saturated heterocycles. The van der Waals surface area contributed by atoms with Crippen molar-refractivity contribution in [1.82, 2.24) is 0 Å². The molecule has 0 aromatic carbocycles. The molecule has 0 radical (unpaired) electrons. The first-order valence-corrected chi connectivity index (χ1v) is 4.29. The summed E-state index contributed by atoms with van der Waals surface area (Å²) in [6, 6.07) is 0. The summed E-state index contributed by atoms with van der Waals surface area (Å²) in [5.41, 5.74) is 0. The van der Waals surface area contributed by atoms with Crippen LogP contribution in [0.1, 0.15) is 39.5 Å². The lowest BCUT2D eigenvalue weighted by atomic mass is 10.1. The van der Waals surface area contributed by atoms with Crippen LogP contribution < -0.4 is 0 Å². The molecule has 0 amide bonds. The summed E-state index contributed by atoms with van der Waals surface area (Å²) < 4.78 is 0. The van der Waals surface area contributed by atoms with Crippen LogP contribution in [0.25, 0.3) is 0 Å². The van der Waals surface area contributed by atoms with Gasteiger partial charge in [-0.3, -0.25) is 0 Å². The van der Waals surface area contributed by atoms with Crippen LogP contribution in [0.2, 0.25) is 0 Å². The molecule has 0 rings (SSSR count). The Kier molecular flexibility index (Phi) is 6.65. The molecule has 1 unspecified atom stereocenters. The fourth-order valence-corrected chi connectivity index (χ4v) is 0.722. The van der Waals surface area contributed by atoms with Gasteiger partial charge in [0.1, 0.15) is 0 Å². The Morgan fingerprint density at radius 1 is 1.36 bits per heavy atom. The molecular weight excluding hydrogens is 132 g/mol. The summed E-state index contributed by atoms with van der Waals surface area (Å²) in [7, 11) is 0. The minimum atomic E-state index is 0.173. The van der Waals surface area contributed by atoms with Gasteiger partial charge in [-0.15, -0.1) is 12.3 Å². The first-order chi connectivity index (χ1) is 5.35. The van der Waals surface area contributed by atoms with Crippen molar-refractivity contribution in [3.63, 3.8) is 0 Å². The first kappa shape index (κ1) is 10.1. The molecule has 11 heavy (non-hydrogen) atoms. The average molecular weight is 148 g/mol. The second-order valence-electron chi connectivity index (χ2n) is 2.55. The van der Waals surface area contributed by atoms with Gasteiger partial charge in [0.05, 0.1) is 5.92 Å². The maximum atomic E-state index is 5.25. The molecule has 0 heterocycles. The van der Waals surface area contributed by atoms with Crippen LogP contribution in [-0.4, -0.2) is 0 Å². The van der Waals surface area contributed by atoms with Crippen molar-refractivity contribution in [1.29, 1.82) is 0 Å². The molecule has 1 atom stereocenters. The second-order valence-corrected chi connectivity index (χ2v) is 2.55. The van der Waals surface area contributed by atoms with E-state index < -0.39 is 0 Å². The lowest BCUT2D eigenvalue weighted by Gasteiger charge is -1.93. The number of hydrogen-bond donors (Lipinski definition) is 0. The van der Waals surface area contributed by atoms with Gasteiger partial charge in [-0.2, -0.15) is 0 Å². The quantitative estimate of drug-likeness (QED) is 0.426. The lowest BCUT2D eigenvalue weighted by molar-refractivity contribution is 0.810. The normalized spacial score (nSPS) is 11.0. The van der Waals surface area contributed by atoms with E-state index in [2.05, 4.69) is 31.6 Å². The number of terminal acetylenes is 1. The predicted octanol–water partition coefficient (Wildman–Crippen LogP) is 2.84. The summed E-state index contributed by atoms with van der Waals surface area (Å²) >= 11 is 0. The fourth-order valence-electron chi connectivity index (χ4n) is 0.722. The van der Waals surface area contributed by atoms with Crippen molar-refractivity contribution in [2.75, 3.05) is 0 Å². The largest absolute Gasteiger partial charge is 0.119 e. The number of hydrogen-bond acceptors (Lipinski definition) is 0. The summed E-state index contributed by atoms with van der Waals surface area (Å²) in [5, 5.41) is 0. The van der Waals surface area contributed by atoms with Crippen LogP contribution >= 0.6 is 0 Å². The minimum Gasteiger partial charge on any atom is -0.119 e. The Hall–Kier alpha value is -0.880. The zero-order valence-corrected chi connectivity index (χ0v) is 7.48. The smallest absolute Gasteiger partial charge is 0.0806 e. The fraction of sp³-hybridized carbons (Fsp3) is 0.636. The van der Waals surface area contributed by atoms with Gasteiger partial charge in [0.15, 0.2) is 0 Å². The van der Waals surface area contributed by atoms with Gasteiger partial charge in [0.2, 0.25) is 0 Å². The molecule has 0 aromatic heterocycles. The van der Waals surface area contributed by atoms with Crippen LogP contribution in [0.4, 0.5) is 0 Å². The average Bonchev–Trinajstić information content (AvgIpc) is 2.05. The standard InChI is InChI=1S/C11H16/c1-4-7-8-9-10-11(5-2)6-3/h2,11H,4,6-8H2,1,3H3. The van der Waals surface area contributed by atoms with Crippen molar-refractivity contribution in [3.05, 3.63) is 0 Å². The van der Waals surface area contributed by atoms with Gasteiger partial charge in [-0.25, -0.2) is 0 Å². The van der Waals surface area contributed by atoms with Crippen molar-refractivity contribution in [3.8, 4) is 24.2 Å².